The van der Waals surface area contributed by atoms with Crippen molar-refractivity contribution in [1.82, 2.24) is 4.57 Å². The summed E-state index contributed by atoms with van der Waals surface area (Å²) < 4.78 is 41.5. The number of nitrogens with zero attached hydrogens (tertiary/aromatic N) is 1. The highest BCUT2D eigenvalue weighted by molar-refractivity contribution is 5.97. The first-order chi connectivity index (χ1) is 13.8. The Morgan fingerprint density at radius 2 is 1.83 bits per heavy atom. The molecule has 0 aliphatic carbocycles. The molecule has 1 N–H and O–H groups in total. The second-order valence-corrected chi connectivity index (χ2v) is 6.87. The highest BCUT2D eigenvalue weighted by atomic mass is 19.4. The van der Waals surface area contributed by atoms with Gasteiger partial charge in [0.05, 0.1) is 16.8 Å². The predicted octanol–water partition coefficient (Wildman–Crippen LogP) is 7.34. The predicted molar refractivity (Wildman–Crippen MR) is 115 cm³/mol. The van der Waals surface area contributed by atoms with Gasteiger partial charge in [-0.1, -0.05) is 62.6 Å². The minimum Gasteiger partial charge on any atom is -0.354 e. The van der Waals surface area contributed by atoms with Crippen molar-refractivity contribution in [3.05, 3.63) is 96.7 Å². The minimum absolute atomic E-state index is 0.0452. The third-order valence-electron chi connectivity index (χ3n) is 5.07. The van der Waals surface area contributed by atoms with Gasteiger partial charge in [-0.25, -0.2) is 0 Å². The summed E-state index contributed by atoms with van der Waals surface area (Å²) in [6, 6.07) is 13.1. The maximum Gasteiger partial charge on any atom is 0.416 e. The summed E-state index contributed by atoms with van der Waals surface area (Å²) in [5.74, 6) is -0.0452. The lowest BCUT2D eigenvalue weighted by Gasteiger charge is -2.18. The number of alkyl halides is 3. The van der Waals surface area contributed by atoms with Gasteiger partial charge in [-0.2, -0.15) is 13.2 Å². The van der Waals surface area contributed by atoms with Gasteiger partial charge in [0.2, 0.25) is 0 Å². The molecule has 2 aromatic carbocycles. The zero-order valence-electron chi connectivity index (χ0n) is 16.4. The van der Waals surface area contributed by atoms with Crippen molar-refractivity contribution in [3.63, 3.8) is 0 Å². The molecule has 1 unspecified atom stereocenters. The third-order valence-corrected chi connectivity index (χ3v) is 5.07. The second kappa shape index (κ2) is 8.03. The van der Waals surface area contributed by atoms with Crippen LogP contribution in [0.25, 0.3) is 10.9 Å². The number of allylic oxidation sites excluding steroid dienone is 4. The molecule has 3 aromatic rings. The summed E-state index contributed by atoms with van der Waals surface area (Å²) in [4.78, 5) is 0. The summed E-state index contributed by atoms with van der Waals surface area (Å²) in [5, 5.41) is 4.18. The van der Waals surface area contributed by atoms with Crippen LogP contribution < -0.4 is 5.32 Å². The van der Waals surface area contributed by atoms with Crippen LogP contribution in [-0.2, 0) is 13.2 Å². The highest BCUT2D eigenvalue weighted by Gasteiger charge is 2.30. The van der Waals surface area contributed by atoms with Gasteiger partial charge < -0.3 is 9.88 Å². The maximum atomic E-state index is 13.1. The van der Waals surface area contributed by atoms with E-state index in [4.69, 9.17) is 0 Å². The van der Waals surface area contributed by atoms with Crippen LogP contribution in [0.15, 0.2) is 85.5 Å². The van der Waals surface area contributed by atoms with E-state index in [2.05, 4.69) is 23.0 Å². The summed E-state index contributed by atoms with van der Waals surface area (Å²) in [5.41, 5.74) is 3.40. The standard InChI is InChI=1S/C24H23F3N2/c1-5-10-17(6-2)16(3)23-22(20-13-7-8-14-21(20)29(23)4)28-19-12-9-11-18(15-19)24(25,26)27/h5-16,28H,1-2H2,3-4H3/b17-10+. The fourth-order valence-electron chi connectivity index (χ4n) is 3.65. The van der Waals surface area contributed by atoms with Crippen molar-refractivity contribution >= 4 is 22.3 Å². The Morgan fingerprint density at radius 1 is 1.10 bits per heavy atom. The quantitative estimate of drug-likeness (QED) is 0.431. The average Bonchev–Trinajstić information content (AvgIpc) is 2.97. The molecule has 1 atom stereocenters. The molecule has 0 amide bonds. The second-order valence-electron chi connectivity index (χ2n) is 6.87. The first-order valence-electron chi connectivity index (χ1n) is 9.24. The molecule has 5 heteroatoms. The summed E-state index contributed by atoms with van der Waals surface area (Å²) in [6.07, 6.45) is 0.979. The number of hydrogen-bond donors (Lipinski definition) is 1. The molecular weight excluding hydrogens is 373 g/mol. The lowest BCUT2D eigenvalue weighted by atomic mass is 9.95. The number of anilines is 2. The molecule has 150 valence electrons. The molecule has 0 saturated heterocycles. The smallest absolute Gasteiger partial charge is 0.354 e. The Balaban J connectivity index is 2.18. The highest BCUT2D eigenvalue weighted by Crippen LogP contribution is 2.40. The van der Waals surface area contributed by atoms with Gasteiger partial charge in [-0.05, 0) is 29.8 Å². The Labute approximate surface area is 168 Å². The van der Waals surface area contributed by atoms with Crippen molar-refractivity contribution in [2.75, 3.05) is 5.32 Å². The van der Waals surface area contributed by atoms with E-state index >= 15 is 0 Å². The van der Waals surface area contributed by atoms with Crippen molar-refractivity contribution in [2.24, 2.45) is 7.05 Å². The Morgan fingerprint density at radius 3 is 2.48 bits per heavy atom. The van der Waals surface area contributed by atoms with Crippen molar-refractivity contribution < 1.29 is 13.2 Å². The Bertz CT molecular complexity index is 1090. The zero-order chi connectivity index (χ0) is 21.2. The van der Waals surface area contributed by atoms with Gasteiger partial charge in [0.25, 0.3) is 0 Å². The monoisotopic (exact) mass is 396 g/mol. The number of para-hydroxylation sites is 1. The number of nitrogens with one attached hydrogen (secondary N) is 1. The molecule has 1 heterocycles. The van der Waals surface area contributed by atoms with Crippen LogP contribution in [0, 0.1) is 0 Å². The zero-order valence-corrected chi connectivity index (χ0v) is 16.4. The molecule has 0 spiro atoms. The molecule has 0 radical (unpaired) electrons. The molecular formula is C24H23F3N2. The first-order valence-corrected chi connectivity index (χ1v) is 9.24. The van der Waals surface area contributed by atoms with E-state index in [-0.39, 0.29) is 5.92 Å². The van der Waals surface area contributed by atoms with Crippen molar-refractivity contribution in [1.29, 1.82) is 0 Å². The van der Waals surface area contributed by atoms with E-state index in [1.165, 1.54) is 6.07 Å². The molecule has 0 saturated carbocycles. The molecule has 2 nitrogen and oxygen atoms in total. The molecule has 0 aliphatic heterocycles. The summed E-state index contributed by atoms with van der Waals surface area (Å²) in [6.45, 7) is 9.69. The van der Waals surface area contributed by atoms with E-state index in [1.54, 1.807) is 18.2 Å². The van der Waals surface area contributed by atoms with E-state index in [9.17, 15) is 13.2 Å². The van der Waals surface area contributed by atoms with Crippen LogP contribution in [0.1, 0.15) is 24.1 Å². The molecule has 0 fully saturated rings. The molecule has 1 aromatic heterocycles. The van der Waals surface area contributed by atoms with Gasteiger partial charge in [0.15, 0.2) is 0 Å². The van der Waals surface area contributed by atoms with E-state index in [1.807, 2.05) is 44.3 Å². The van der Waals surface area contributed by atoms with Crippen molar-refractivity contribution in [3.8, 4) is 0 Å². The largest absolute Gasteiger partial charge is 0.416 e. The lowest BCUT2D eigenvalue weighted by molar-refractivity contribution is -0.137. The maximum absolute atomic E-state index is 13.1. The van der Waals surface area contributed by atoms with E-state index in [0.717, 1.165) is 40.0 Å². The topological polar surface area (TPSA) is 17.0 Å². The average molecular weight is 396 g/mol. The van der Waals surface area contributed by atoms with Crippen LogP contribution >= 0.6 is 0 Å². The summed E-state index contributed by atoms with van der Waals surface area (Å²) in [7, 11) is 1.96. The van der Waals surface area contributed by atoms with Gasteiger partial charge in [-0.3, -0.25) is 0 Å². The molecule has 29 heavy (non-hydrogen) atoms. The molecule has 3 rings (SSSR count). The van der Waals surface area contributed by atoms with Crippen LogP contribution in [0.4, 0.5) is 24.5 Å². The fourth-order valence-corrected chi connectivity index (χ4v) is 3.65. The third kappa shape index (κ3) is 3.99. The normalized spacial score (nSPS) is 13.3. The van der Waals surface area contributed by atoms with Crippen LogP contribution in [-0.4, -0.2) is 4.57 Å². The SMILES string of the molecule is C=C/C=C(\C=C)C(C)c1c(Nc2cccc(C(F)(F)F)c2)c2ccccc2n1C. The van der Waals surface area contributed by atoms with Gasteiger partial charge >= 0.3 is 6.18 Å². The number of rotatable bonds is 6. The number of aryl methyl sites for hydroxylation is 1. The summed E-state index contributed by atoms with van der Waals surface area (Å²) >= 11 is 0. The van der Waals surface area contributed by atoms with E-state index in [0.29, 0.717) is 5.69 Å². The van der Waals surface area contributed by atoms with E-state index < -0.39 is 11.7 Å². The molecule has 0 aliphatic rings. The molecule has 0 bridgehead atoms. The first kappa shape index (κ1) is 20.5. The fraction of sp³-hybridized carbons (Fsp3) is 0.167. The number of hydrogen-bond acceptors (Lipinski definition) is 1. The number of halogens is 3. The number of aromatic nitrogens is 1. The Hall–Kier alpha value is -3.21. The van der Waals surface area contributed by atoms with Gasteiger partial charge in [0, 0.05) is 29.7 Å². The van der Waals surface area contributed by atoms with Gasteiger partial charge in [-0.15, -0.1) is 0 Å². The van der Waals surface area contributed by atoms with Crippen molar-refractivity contribution in [2.45, 2.75) is 19.0 Å². The van der Waals surface area contributed by atoms with Gasteiger partial charge in [0.1, 0.15) is 0 Å². The number of fused-ring (bicyclic) bond motifs is 1. The lowest BCUT2D eigenvalue weighted by Crippen LogP contribution is -2.07. The number of benzene rings is 2. The minimum atomic E-state index is -4.39. The van der Waals surface area contributed by atoms with Crippen LogP contribution in [0.2, 0.25) is 0 Å². The Kier molecular flexibility index (Phi) is 5.69. The van der Waals surface area contributed by atoms with Crippen LogP contribution in [0.3, 0.4) is 0 Å². The van der Waals surface area contributed by atoms with Crippen LogP contribution in [0.5, 0.6) is 0 Å².